The van der Waals surface area contributed by atoms with Gasteiger partial charge in [0.05, 0.1) is 17.1 Å². The lowest BCUT2D eigenvalue weighted by Crippen LogP contribution is -2.47. The van der Waals surface area contributed by atoms with Crippen molar-refractivity contribution in [2.75, 3.05) is 32.1 Å². The lowest BCUT2D eigenvalue weighted by atomic mass is 10.2. The fraction of sp³-hybridized carbons (Fsp3) is 0.625. The summed E-state index contributed by atoms with van der Waals surface area (Å²) < 4.78 is 32.9. The molecule has 0 aliphatic carbocycles. The summed E-state index contributed by atoms with van der Waals surface area (Å²) in [6.07, 6.45) is 1.11. The van der Waals surface area contributed by atoms with E-state index in [9.17, 15) is 8.42 Å². The van der Waals surface area contributed by atoms with Crippen LogP contribution in [-0.2, 0) is 21.2 Å². The SMILES string of the molecule is C[C@@H]1CN(CCNS(=O)(=O)c2ccc(CCCl)cc2)C[C@H](C)O1. The molecule has 2 atom stereocenters. The maximum atomic E-state index is 12.3. The fourth-order valence-corrected chi connectivity index (χ4v) is 4.07. The van der Waals surface area contributed by atoms with Gasteiger partial charge in [-0.25, -0.2) is 13.1 Å². The van der Waals surface area contributed by atoms with Gasteiger partial charge in [0, 0.05) is 32.1 Å². The first kappa shape index (κ1) is 18.7. The van der Waals surface area contributed by atoms with Gasteiger partial charge in [0.1, 0.15) is 0 Å². The Bertz CT molecular complexity index is 582. The molecular weight excluding hydrogens is 336 g/mol. The third kappa shape index (κ3) is 5.72. The number of benzene rings is 1. The summed E-state index contributed by atoms with van der Waals surface area (Å²) in [5.74, 6) is 0.529. The molecule has 0 saturated carbocycles. The van der Waals surface area contributed by atoms with E-state index in [2.05, 4.69) is 9.62 Å². The molecule has 1 aliphatic rings. The van der Waals surface area contributed by atoms with Crippen molar-refractivity contribution in [3.05, 3.63) is 29.8 Å². The van der Waals surface area contributed by atoms with Gasteiger partial charge in [-0.1, -0.05) is 12.1 Å². The summed E-state index contributed by atoms with van der Waals surface area (Å²) in [6.45, 7) is 6.82. The van der Waals surface area contributed by atoms with Gasteiger partial charge in [0.2, 0.25) is 10.0 Å². The van der Waals surface area contributed by atoms with Gasteiger partial charge in [0.25, 0.3) is 0 Å². The Hall–Kier alpha value is -0.660. The van der Waals surface area contributed by atoms with Crippen LogP contribution < -0.4 is 4.72 Å². The van der Waals surface area contributed by atoms with Crippen LogP contribution in [0.5, 0.6) is 0 Å². The van der Waals surface area contributed by atoms with E-state index in [1.165, 1.54) is 0 Å². The molecule has 5 nitrogen and oxygen atoms in total. The predicted molar refractivity (Wildman–Crippen MR) is 92.5 cm³/mol. The molecule has 1 aromatic rings. The minimum atomic E-state index is -3.46. The topological polar surface area (TPSA) is 58.6 Å². The molecule has 1 aromatic carbocycles. The van der Waals surface area contributed by atoms with Gasteiger partial charge in [-0.3, -0.25) is 4.90 Å². The Balaban J connectivity index is 1.86. The highest BCUT2D eigenvalue weighted by molar-refractivity contribution is 7.89. The number of hydrogen-bond acceptors (Lipinski definition) is 4. The first-order valence-corrected chi connectivity index (χ1v) is 9.95. The normalized spacial score (nSPS) is 23.1. The quantitative estimate of drug-likeness (QED) is 0.754. The lowest BCUT2D eigenvalue weighted by Gasteiger charge is -2.35. The van der Waals surface area contributed by atoms with E-state index in [1.807, 2.05) is 26.0 Å². The zero-order valence-corrected chi connectivity index (χ0v) is 15.2. The zero-order chi connectivity index (χ0) is 16.9. The van der Waals surface area contributed by atoms with Crippen molar-refractivity contribution in [1.82, 2.24) is 9.62 Å². The molecule has 0 radical (unpaired) electrons. The van der Waals surface area contributed by atoms with E-state index in [4.69, 9.17) is 16.3 Å². The Kier molecular flexibility index (Phi) is 6.85. The molecular formula is C16H25ClN2O3S. The van der Waals surface area contributed by atoms with E-state index in [0.29, 0.717) is 23.9 Å². The van der Waals surface area contributed by atoms with Gasteiger partial charge < -0.3 is 4.74 Å². The van der Waals surface area contributed by atoms with Crippen LogP contribution in [0.3, 0.4) is 0 Å². The average molecular weight is 361 g/mol. The van der Waals surface area contributed by atoms with Gasteiger partial charge in [-0.15, -0.1) is 11.6 Å². The zero-order valence-electron chi connectivity index (χ0n) is 13.7. The standard InChI is InChI=1S/C16H25ClN2O3S/c1-13-11-19(12-14(2)22-13)10-9-18-23(20,21)16-5-3-15(4-6-16)7-8-17/h3-6,13-14,18H,7-12H2,1-2H3/t13-,14+. The summed E-state index contributed by atoms with van der Waals surface area (Å²) in [5, 5.41) is 0. The molecule has 1 aliphatic heterocycles. The number of morpholine rings is 1. The molecule has 0 spiro atoms. The highest BCUT2D eigenvalue weighted by Crippen LogP contribution is 2.12. The molecule has 0 amide bonds. The van der Waals surface area contributed by atoms with Gasteiger partial charge in [-0.05, 0) is 38.0 Å². The molecule has 0 unspecified atom stereocenters. The number of halogens is 1. The maximum absolute atomic E-state index is 12.3. The van der Waals surface area contributed by atoms with Crippen LogP contribution in [0.25, 0.3) is 0 Å². The molecule has 1 heterocycles. The smallest absolute Gasteiger partial charge is 0.240 e. The molecule has 1 N–H and O–H groups in total. The van der Waals surface area contributed by atoms with E-state index in [1.54, 1.807) is 12.1 Å². The second-order valence-corrected chi connectivity index (χ2v) is 8.14. The van der Waals surface area contributed by atoms with Crippen LogP contribution in [-0.4, -0.2) is 57.6 Å². The second kappa shape index (κ2) is 8.44. The monoisotopic (exact) mass is 360 g/mol. The maximum Gasteiger partial charge on any atom is 0.240 e. The van der Waals surface area contributed by atoms with Crippen molar-refractivity contribution in [1.29, 1.82) is 0 Å². The summed E-state index contributed by atoms with van der Waals surface area (Å²) >= 11 is 5.68. The van der Waals surface area contributed by atoms with Crippen molar-refractivity contribution in [3.63, 3.8) is 0 Å². The number of hydrogen-bond donors (Lipinski definition) is 1. The molecule has 1 saturated heterocycles. The number of rotatable bonds is 7. The Morgan fingerprint density at radius 2 is 1.83 bits per heavy atom. The summed E-state index contributed by atoms with van der Waals surface area (Å²) in [6, 6.07) is 6.87. The first-order chi connectivity index (χ1) is 10.9. The van der Waals surface area contributed by atoms with Crippen molar-refractivity contribution in [3.8, 4) is 0 Å². The second-order valence-electron chi connectivity index (χ2n) is 6.00. The number of aryl methyl sites for hydroxylation is 1. The van der Waals surface area contributed by atoms with Crippen molar-refractivity contribution in [2.45, 2.75) is 37.4 Å². The van der Waals surface area contributed by atoms with Gasteiger partial charge in [0.15, 0.2) is 0 Å². The third-order valence-corrected chi connectivity index (χ3v) is 5.50. The van der Waals surface area contributed by atoms with Crippen molar-refractivity contribution < 1.29 is 13.2 Å². The van der Waals surface area contributed by atoms with E-state index < -0.39 is 10.0 Å². The first-order valence-electron chi connectivity index (χ1n) is 7.93. The van der Waals surface area contributed by atoms with Crippen LogP contribution in [0.2, 0.25) is 0 Å². The summed E-state index contributed by atoms with van der Waals surface area (Å²) in [7, 11) is -3.46. The Morgan fingerprint density at radius 1 is 1.22 bits per heavy atom. The van der Waals surface area contributed by atoms with Crippen LogP contribution in [0, 0.1) is 0 Å². The number of nitrogens with zero attached hydrogens (tertiary/aromatic N) is 1. The van der Waals surface area contributed by atoms with Crippen LogP contribution in [0.1, 0.15) is 19.4 Å². The summed E-state index contributed by atoms with van der Waals surface area (Å²) in [5.41, 5.74) is 1.04. The molecule has 7 heteroatoms. The molecule has 2 rings (SSSR count). The minimum absolute atomic E-state index is 0.185. The van der Waals surface area contributed by atoms with Crippen LogP contribution in [0.15, 0.2) is 29.2 Å². The average Bonchev–Trinajstić information content (AvgIpc) is 2.47. The number of alkyl halides is 1. The highest BCUT2D eigenvalue weighted by atomic mass is 35.5. The van der Waals surface area contributed by atoms with Crippen molar-refractivity contribution >= 4 is 21.6 Å². The number of ether oxygens (including phenoxy) is 1. The molecule has 0 bridgehead atoms. The number of nitrogens with one attached hydrogen (secondary N) is 1. The molecule has 23 heavy (non-hydrogen) atoms. The fourth-order valence-electron chi connectivity index (χ4n) is 2.83. The van der Waals surface area contributed by atoms with E-state index in [0.717, 1.165) is 25.1 Å². The Labute approximate surface area is 144 Å². The number of sulfonamides is 1. The van der Waals surface area contributed by atoms with E-state index in [-0.39, 0.29) is 12.2 Å². The molecule has 1 fully saturated rings. The highest BCUT2D eigenvalue weighted by Gasteiger charge is 2.22. The Morgan fingerprint density at radius 3 is 2.39 bits per heavy atom. The van der Waals surface area contributed by atoms with Crippen molar-refractivity contribution in [2.24, 2.45) is 0 Å². The van der Waals surface area contributed by atoms with Gasteiger partial charge >= 0.3 is 0 Å². The summed E-state index contributed by atoms with van der Waals surface area (Å²) in [4.78, 5) is 2.52. The molecule has 130 valence electrons. The predicted octanol–water partition coefficient (Wildman–Crippen LogP) is 1.86. The lowest BCUT2D eigenvalue weighted by molar-refractivity contribution is -0.0671. The minimum Gasteiger partial charge on any atom is -0.373 e. The van der Waals surface area contributed by atoms with Crippen LogP contribution in [0.4, 0.5) is 0 Å². The van der Waals surface area contributed by atoms with Gasteiger partial charge in [-0.2, -0.15) is 0 Å². The third-order valence-electron chi connectivity index (χ3n) is 3.83. The largest absolute Gasteiger partial charge is 0.373 e. The van der Waals surface area contributed by atoms with Crippen LogP contribution >= 0.6 is 11.6 Å². The van der Waals surface area contributed by atoms with E-state index >= 15 is 0 Å². The molecule has 0 aromatic heterocycles.